The fourth-order valence-electron chi connectivity index (χ4n) is 3.74. The fraction of sp³-hybridized carbons (Fsp3) is 0.933. The van der Waals surface area contributed by atoms with Gasteiger partial charge in [-0.15, -0.1) is 0 Å². The topological polar surface area (TPSA) is 40.5 Å². The number of carbonyl (C=O) groups is 1. The molecular weight excluding hydrogens is 283 g/mol. The summed E-state index contributed by atoms with van der Waals surface area (Å²) in [7, 11) is 0. The average molecular weight is 307 g/mol. The van der Waals surface area contributed by atoms with Crippen LogP contribution < -0.4 is 0 Å². The molecule has 1 N–H and O–H groups in total. The number of hydrogen-bond acceptors (Lipinski definition) is 2. The van der Waals surface area contributed by atoms with Crippen LogP contribution in [0.4, 0.5) is 13.2 Å². The number of amides is 1. The van der Waals surface area contributed by atoms with Crippen LogP contribution >= 0.6 is 0 Å². The smallest absolute Gasteiger partial charge is 0.391 e. The molecule has 6 heteroatoms. The Morgan fingerprint density at radius 3 is 2.33 bits per heavy atom. The van der Waals surface area contributed by atoms with Crippen LogP contribution in [0.1, 0.15) is 51.4 Å². The van der Waals surface area contributed by atoms with Crippen molar-refractivity contribution < 1.29 is 23.1 Å². The Balaban J connectivity index is 2.02. The molecule has 0 heterocycles. The van der Waals surface area contributed by atoms with Crippen molar-refractivity contribution in [1.29, 1.82) is 0 Å². The Morgan fingerprint density at radius 2 is 1.76 bits per heavy atom. The Morgan fingerprint density at radius 1 is 1.10 bits per heavy atom. The molecule has 2 atom stereocenters. The van der Waals surface area contributed by atoms with Gasteiger partial charge in [0.25, 0.3) is 0 Å². The minimum Gasteiger partial charge on any atom is -0.395 e. The number of carbonyl (C=O) groups excluding carboxylic acids is 1. The van der Waals surface area contributed by atoms with Crippen LogP contribution in [0, 0.1) is 11.8 Å². The zero-order chi connectivity index (χ0) is 15.5. The molecule has 3 nitrogen and oxygen atoms in total. The lowest BCUT2D eigenvalue weighted by atomic mass is 9.80. The molecule has 21 heavy (non-hydrogen) atoms. The lowest BCUT2D eigenvalue weighted by Crippen LogP contribution is -2.45. The Hall–Kier alpha value is -0.780. The number of aliphatic hydroxyl groups excluding tert-OH is 1. The fourth-order valence-corrected chi connectivity index (χ4v) is 3.74. The summed E-state index contributed by atoms with van der Waals surface area (Å²) in [6.45, 7) is 0.119. The van der Waals surface area contributed by atoms with Crippen LogP contribution in [0.5, 0.6) is 0 Å². The number of halogens is 3. The SMILES string of the molecule is O=C(C1CCCC(C(F)(F)F)C1)N(CCO)C1CCCC1. The van der Waals surface area contributed by atoms with Crippen LogP contribution in [-0.2, 0) is 4.79 Å². The molecular formula is C15H24F3NO2. The van der Waals surface area contributed by atoms with Crippen molar-refractivity contribution in [2.24, 2.45) is 11.8 Å². The predicted octanol–water partition coefficient (Wildman–Crippen LogP) is 3.12. The maximum absolute atomic E-state index is 12.9. The lowest BCUT2D eigenvalue weighted by molar-refractivity contribution is -0.187. The van der Waals surface area contributed by atoms with Crippen molar-refractivity contribution >= 4 is 5.91 Å². The molecule has 2 saturated carbocycles. The molecule has 0 aromatic rings. The molecule has 0 bridgehead atoms. The molecule has 2 fully saturated rings. The first kappa shape index (κ1) is 16.6. The predicted molar refractivity (Wildman–Crippen MR) is 72.6 cm³/mol. The van der Waals surface area contributed by atoms with E-state index in [1.807, 2.05) is 0 Å². The zero-order valence-corrected chi connectivity index (χ0v) is 12.2. The van der Waals surface area contributed by atoms with Crippen molar-refractivity contribution in [2.75, 3.05) is 13.2 Å². The van der Waals surface area contributed by atoms with Crippen LogP contribution in [0.2, 0.25) is 0 Å². The second kappa shape index (κ2) is 6.99. The Bertz CT molecular complexity index is 353. The number of nitrogens with zero attached hydrogens (tertiary/aromatic N) is 1. The van der Waals surface area contributed by atoms with E-state index in [-0.39, 0.29) is 37.9 Å². The van der Waals surface area contributed by atoms with Gasteiger partial charge in [-0.3, -0.25) is 4.79 Å². The molecule has 0 spiro atoms. The van der Waals surface area contributed by atoms with Crippen LogP contribution in [-0.4, -0.2) is 41.3 Å². The highest BCUT2D eigenvalue weighted by molar-refractivity contribution is 5.79. The summed E-state index contributed by atoms with van der Waals surface area (Å²) >= 11 is 0. The Kier molecular flexibility index (Phi) is 5.52. The summed E-state index contributed by atoms with van der Waals surface area (Å²) in [5.74, 6) is -2.05. The maximum Gasteiger partial charge on any atom is 0.391 e. The summed E-state index contributed by atoms with van der Waals surface area (Å²) in [5, 5.41) is 9.15. The van der Waals surface area contributed by atoms with Gasteiger partial charge in [-0.25, -0.2) is 0 Å². The average Bonchev–Trinajstić information content (AvgIpc) is 2.97. The van der Waals surface area contributed by atoms with E-state index in [4.69, 9.17) is 5.11 Å². The molecule has 2 aliphatic carbocycles. The van der Waals surface area contributed by atoms with Gasteiger partial charge in [0.1, 0.15) is 0 Å². The van der Waals surface area contributed by atoms with Gasteiger partial charge in [0.2, 0.25) is 5.91 Å². The van der Waals surface area contributed by atoms with Crippen molar-refractivity contribution in [2.45, 2.75) is 63.6 Å². The van der Waals surface area contributed by atoms with Crippen molar-refractivity contribution in [3.05, 3.63) is 0 Å². The van der Waals surface area contributed by atoms with Gasteiger partial charge in [0.05, 0.1) is 12.5 Å². The zero-order valence-electron chi connectivity index (χ0n) is 12.2. The number of alkyl halides is 3. The third kappa shape index (κ3) is 4.11. The van der Waals surface area contributed by atoms with E-state index in [2.05, 4.69) is 0 Å². The molecule has 2 unspecified atom stereocenters. The van der Waals surface area contributed by atoms with E-state index in [0.29, 0.717) is 12.8 Å². The summed E-state index contributed by atoms with van der Waals surface area (Å²) in [4.78, 5) is 14.2. The largest absolute Gasteiger partial charge is 0.395 e. The lowest BCUT2D eigenvalue weighted by Gasteiger charge is -2.36. The normalized spacial score (nSPS) is 27.8. The monoisotopic (exact) mass is 307 g/mol. The maximum atomic E-state index is 12.9. The summed E-state index contributed by atoms with van der Waals surface area (Å²) in [5.41, 5.74) is 0. The summed E-state index contributed by atoms with van der Waals surface area (Å²) in [6, 6.07) is 0.107. The molecule has 0 saturated heterocycles. The highest BCUT2D eigenvalue weighted by Gasteiger charge is 2.44. The molecule has 2 aliphatic rings. The Labute approximate surface area is 123 Å². The van der Waals surface area contributed by atoms with E-state index in [0.717, 1.165) is 25.7 Å². The van der Waals surface area contributed by atoms with E-state index < -0.39 is 18.0 Å². The van der Waals surface area contributed by atoms with Gasteiger partial charge in [0, 0.05) is 18.5 Å². The number of aliphatic hydroxyl groups is 1. The summed E-state index contributed by atoms with van der Waals surface area (Å²) < 4.78 is 38.6. The number of hydrogen-bond donors (Lipinski definition) is 1. The molecule has 0 aliphatic heterocycles. The minimum atomic E-state index is -4.20. The molecule has 0 aromatic carbocycles. The molecule has 122 valence electrons. The van der Waals surface area contributed by atoms with Gasteiger partial charge in [-0.2, -0.15) is 13.2 Å². The van der Waals surface area contributed by atoms with E-state index in [1.165, 1.54) is 0 Å². The molecule has 0 radical (unpaired) electrons. The van der Waals surface area contributed by atoms with Gasteiger partial charge in [-0.1, -0.05) is 19.3 Å². The van der Waals surface area contributed by atoms with Gasteiger partial charge < -0.3 is 10.0 Å². The van der Waals surface area contributed by atoms with Gasteiger partial charge >= 0.3 is 6.18 Å². The quantitative estimate of drug-likeness (QED) is 0.867. The number of rotatable bonds is 4. The van der Waals surface area contributed by atoms with Gasteiger partial charge in [-0.05, 0) is 32.1 Å². The van der Waals surface area contributed by atoms with Crippen molar-refractivity contribution in [3.63, 3.8) is 0 Å². The van der Waals surface area contributed by atoms with Crippen LogP contribution in [0.25, 0.3) is 0 Å². The highest BCUT2D eigenvalue weighted by Crippen LogP contribution is 2.41. The van der Waals surface area contributed by atoms with Crippen molar-refractivity contribution in [3.8, 4) is 0 Å². The van der Waals surface area contributed by atoms with Crippen LogP contribution in [0.15, 0.2) is 0 Å². The second-order valence-corrected chi connectivity index (χ2v) is 6.30. The standard InChI is InChI=1S/C15H24F3NO2/c16-15(17,18)12-5-3-4-11(10-12)14(21)19(8-9-20)13-6-1-2-7-13/h11-13,20H,1-10H2. The first-order chi connectivity index (χ1) is 9.93. The van der Waals surface area contributed by atoms with E-state index in [9.17, 15) is 18.0 Å². The molecule has 0 aromatic heterocycles. The van der Waals surface area contributed by atoms with Crippen molar-refractivity contribution in [1.82, 2.24) is 4.90 Å². The molecule has 2 rings (SSSR count). The first-order valence-corrected chi connectivity index (χ1v) is 7.91. The third-order valence-corrected chi connectivity index (χ3v) is 4.88. The third-order valence-electron chi connectivity index (χ3n) is 4.88. The van der Waals surface area contributed by atoms with Crippen LogP contribution in [0.3, 0.4) is 0 Å². The van der Waals surface area contributed by atoms with E-state index >= 15 is 0 Å². The second-order valence-electron chi connectivity index (χ2n) is 6.30. The van der Waals surface area contributed by atoms with E-state index in [1.54, 1.807) is 4.90 Å². The molecule has 1 amide bonds. The highest BCUT2D eigenvalue weighted by atomic mass is 19.4. The van der Waals surface area contributed by atoms with Gasteiger partial charge in [0.15, 0.2) is 0 Å². The summed E-state index contributed by atoms with van der Waals surface area (Å²) in [6.07, 6.45) is 0.758. The first-order valence-electron chi connectivity index (χ1n) is 7.91. The minimum absolute atomic E-state index is 0.0863.